The van der Waals surface area contributed by atoms with Crippen LogP contribution >= 0.6 is 0 Å². The van der Waals surface area contributed by atoms with Gasteiger partial charge in [-0.3, -0.25) is 0 Å². The van der Waals surface area contributed by atoms with Crippen molar-refractivity contribution in [2.24, 2.45) is 0 Å². The maximum absolute atomic E-state index is 6.65. The predicted molar refractivity (Wildman–Crippen MR) is 306 cm³/mol. The Kier molecular flexibility index (Phi) is 9.15. The predicted octanol–water partition coefficient (Wildman–Crippen LogP) is 18.3. The van der Waals surface area contributed by atoms with Crippen LogP contribution in [0.15, 0.2) is 262 Å². The van der Waals surface area contributed by atoms with Crippen molar-refractivity contribution in [1.82, 2.24) is 15.0 Å². The van der Waals surface area contributed by atoms with Crippen molar-refractivity contribution in [3.05, 3.63) is 271 Å². The Morgan fingerprint density at radius 2 is 0.632 bits per heavy atom. The molecular formula is C70H41N3O3. The molecule has 4 heterocycles. The first-order valence-electron chi connectivity index (χ1n) is 25.6. The molecule has 0 saturated carbocycles. The third-order valence-electron chi connectivity index (χ3n) is 15.7. The minimum Gasteiger partial charge on any atom is -0.456 e. The van der Waals surface area contributed by atoms with Gasteiger partial charge < -0.3 is 13.3 Å². The highest BCUT2D eigenvalue weighted by Crippen LogP contribution is 2.57. The lowest BCUT2D eigenvalue weighted by atomic mass is 9.67. The first kappa shape index (κ1) is 42.3. The lowest BCUT2D eigenvalue weighted by Gasteiger charge is -2.34. The van der Waals surface area contributed by atoms with Crippen molar-refractivity contribution in [3.63, 3.8) is 0 Å². The van der Waals surface area contributed by atoms with Crippen molar-refractivity contribution in [3.8, 4) is 67.5 Å². The topological polar surface area (TPSA) is 78.1 Å². The summed E-state index contributed by atoms with van der Waals surface area (Å²) in [7, 11) is 0. The standard InChI is InChI=1S/C70H41N3O3/c1-3-16-46(17-4-1)70(47-18-5-2-6-19-47)56-26-10-7-20-48(56)49-38-36-45(41-57(49)70)43-34-32-42(33-35-43)44-37-39-60-55(40-44)66-54(25-15-31-63(66)76-60)69-72-67(52-23-13-29-61-64(52)50-21-8-11-27-58(50)74-61)71-68(73-69)53-24-14-30-62-65(53)51-22-9-12-28-59(51)75-62/h1-41H. The number of hydrogen-bond donors (Lipinski definition) is 0. The Bertz CT molecular complexity index is 4650. The number of benzene rings is 11. The van der Waals surface area contributed by atoms with Gasteiger partial charge in [-0.2, -0.15) is 0 Å². The molecule has 16 rings (SSSR count). The van der Waals surface area contributed by atoms with Gasteiger partial charge in [0.15, 0.2) is 17.5 Å². The van der Waals surface area contributed by atoms with Gasteiger partial charge in [-0.15, -0.1) is 0 Å². The van der Waals surface area contributed by atoms with E-state index in [0.29, 0.717) is 17.5 Å². The van der Waals surface area contributed by atoms with Crippen molar-refractivity contribution in [2.45, 2.75) is 5.41 Å². The molecule has 76 heavy (non-hydrogen) atoms. The Balaban J connectivity index is 0.835. The van der Waals surface area contributed by atoms with Crippen LogP contribution in [0.25, 0.3) is 133 Å². The van der Waals surface area contributed by atoms with Crippen LogP contribution in [0.5, 0.6) is 0 Å². The molecule has 0 radical (unpaired) electrons. The minimum absolute atomic E-state index is 0.470. The van der Waals surface area contributed by atoms with Crippen LogP contribution in [-0.4, -0.2) is 15.0 Å². The molecule has 354 valence electrons. The zero-order chi connectivity index (χ0) is 49.9. The molecule has 0 spiro atoms. The van der Waals surface area contributed by atoms with Crippen molar-refractivity contribution < 1.29 is 13.3 Å². The second-order valence-corrected chi connectivity index (χ2v) is 19.7. The van der Waals surface area contributed by atoms with Crippen LogP contribution in [0, 0.1) is 0 Å². The van der Waals surface area contributed by atoms with E-state index in [1.165, 1.54) is 38.9 Å². The van der Waals surface area contributed by atoms with E-state index >= 15 is 0 Å². The first-order chi connectivity index (χ1) is 37.7. The molecule has 0 bridgehead atoms. The number of aromatic nitrogens is 3. The average Bonchev–Trinajstić information content (AvgIpc) is 4.28. The van der Waals surface area contributed by atoms with Crippen LogP contribution in [-0.2, 0) is 5.41 Å². The summed E-state index contributed by atoms with van der Waals surface area (Å²) >= 11 is 0. The highest BCUT2D eigenvalue weighted by Gasteiger charge is 2.46. The quantitative estimate of drug-likeness (QED) is 0.158. The summed E-state index contributed by atoms with van der Waals surface area (Å²) in [6.07, 6.45) is 0. The molecular weight excluding hydrogens is 931 g/mol. The van der Waals surface area contributed by atoms with E-state index in [0.717, 1.165) is 99.2 Å². The molecule has 15 aromatic rings. The molecule has 0 N–H and O–H groups in total. The van der Waals surface area contributed by atoms with Gasteiger partial charge in [0.2, 0.25) is 0 Å². The monoisotopic (exact) mass is 971 g/mol. The second-order valence-electron chi connectivity index (χ2n) is 19.7. The molecule has 0 fully saturated rings. The number of fused-ring (bicyclic) bond motifs is 12. The lowest BCUT2D eigenvalue weighted by molar-refractivity contribution is 0.668. The molecule has 0 amide bonds. The maximum atomic E-state index is 6.65. The molecule has 0 aliphatic heterocycles. The highest BCUT2D eigenvalue weighted by atomic mass is 16.3. The summed E-state index contributed by atoms with van der Waals surface area (Å²) in [4.78, 5) is 16.1. The van der Waals surface area contributed by atoms with E-state index in [1.807, 2.05) is 72.8 Å². The van der Waals surface area contributed by atoms with E-state index in [1.54, 1.807) is 0 Å². The Labute approximate surface area is 435 Å². The normalized spacial score (nSPS) is 12.8. The number of rotatable bonds is 7. The zero-order valence-corrected chi connectivity index (χ0v) is 40.7. The highest BCUT2D eigenvalue weighted by molar-refractivity contribution is 6.15. The number of nitrogens with zero attached hydrogens (tertiary/aromatic N) is 3. The van der Waals surface area contributed by atoms with E-state index < -0.39 is 5.41 Å². The van der Waals surface area contributed by atoms with Gasteiger partial charge in [-0.05, 0) is 104 Å². The molecule has 0 unspecified atom stereocenters. The summed E-state index contributed by atoms with van der Waals surface area (Å²) in [5, 5.41) is 5.79. The van der Waals surface area contributed by atoms with Gasteiger partial charge in [0.05, 0.1) is 5.41 Å². The fourth-order valence-electron chi connectivity index (χ4n) is 12.3. The van der Waals surface area contributed by atoms with Gasteiger partial charge in [-0.25, -0.2) is 15.0 Å². The fraction of sp³-hybridized carbons (Fsp3) is 0.0143. The lowest BCUT2D eigenvalue weighted by Crippen LogP contribution is -2.28. The Morgan fingerprint density at radius 3 is 1.17 bits per heavy atom. The smallest absolute Gasteiger partial charge is 0.164 e. The van der Waals surface area contributed by atoms with Crippen LogP contribution < -0.4 is 0 Å². The van der Waals surface area contributed by atoms with E-state index in [2.05, 4.69) is 176 Å². The van der Waals surface area contributed by atoms with Crippen LogP contribution in [0.4, 0.5) is 0 Å². The van der Waals surface area contributed by atoms with Crippen LogP contribution in [0.3, 0.4) is 0 Å². The Morgan fingerprint density at radius 1 is 0.250 bits per heavy atom. The van der Waals surface area contributed by atoms with Gasteiger partial charge >= 0.3 is 0 Å². The fourth-order valence-corrected chi connectivity index (χ4v) is 12.3. The number of para-hydroxylation sites is 2. The second kappa shape index (κ2) is 16.4. The molecule has 11 aromatic carbocycles. The molecule has 6 heteroatoms. The molecule has 0 atom stereocenters. The molecule has 6 nitrogen and oxygen atoms in total. The minimum atomic E-state index is -0.470. The van der Waals surface area contributed by atoms with E-state index in [4.69, 9.17) is 28.2 Å². The SMILES string of the molecule is c1ccc(C2(c3ccccc3)c3ccccc3-c3ccc(-c4ccc(-c5ccc6oc7cccc(-c8nc(-c9cccc%10oc%11ccccc%11c9%10)nc(-c9cccc%10oc%11ccccc%11c9%10)n8)c7c6c5)cc4)cc32)cc1. The average molecular weight is 972 g/mol. The third kappa shape index (κ3) is 6.25. The van der Waals surface area contributed by atoms with Crippen LogP contribution in [0.2, 0.25) is 0 Å². The Hall–Kier alpha value is -10.2. The number of hydrogen-bond acceptors (Lipinski definition) is 6. The van der Waals surface area contributed by atoms with Gasteiger partial charge in [0.25, 0.3) is 0 Å². The molecule has 0 saturated heterocycles. The summed E-state index contributed by atoms with van der Waals surface area (Å²) < 4.78 is 19.4. The zero-order valence-electron chi connectivity index (χ0n) is 40.7. The molecule has 1 aliphatic rings. The van der Waals surface area contributed by atoms with Crippen molar-refractivity contribution >= 4 is 65.8 Å². The van der Waals surface area contributed by atoms with Crippen molar-refractivity contribution in [2.75, 3.05) is 0 Å². The summed E-state index contributed by atoms with van der Waals surface area (Å²) in [5.41, 5.74) is 18.8. The first-order valence-corrected chi connectivity index (χ1v) is 25.6. The third-order valence-corrected chi connectivity index (χ3v) is 15.7. The maximum Gasteiger partial charge on any atom is 0.164 e. The molecule has 4 aromatic heterocycles. The van der Waals surface area contributed by atoms with E-state index in [-0.39, 0.29) is 0 Å². The summed E-state index contributed by atoms with van der Waals surface area (Å²) in [6, 6.07) is 87.7. The number of furan rings is 3. The van der Waals surface area contributed by atoms with Gasteiger partial charge in [-0.1, -0.05) is 200 Å². The van der Waals surface area contributed by atoms with Crippen molar-refractivity contribution in [1.29, 1.82) is 0 Å². The largest absolute Gasteiger partial charge is 0.456 e. The van der Waals surface area contributed by atoms with E-state index in [9.17, 15) is 0 Å². The molecule has 1 aliphatic carbocycles. The van der Waals surface area contributed by atoms with Crippen LogP contribution in [0.1, 0.15) is 22.3 Å². The van der Waals surface area contributed by atoms with Gasteiger partial charge in [0.1, 0.15) is 33.5 Å². The van der Waals surface area contributed by atoms with Gasteiger partial charge in [0, 0.05) is 49.0 Å². The summed E-state index contributed by atoms with van der Waals surface area (Å²) in [6.45, 7) is 0. The summed E-state index contributed by atoms with van der Waals surface area (Å²) in [5.74, 6) is 1.59.